The molecule has 0 aromatic heterocycles. The standard InChI is InChI=1S/C12H18N2O3/c1-2-3-4-7-17-12-8-10(9-13)5-6-11(12)14(15)16/h5-6,8H,2-4,7,9,13H2,1H3. The zero-order chi connectivity index (χ0) is 12.7. The first-order valence-corrected chi connectivity index (χ1v) is 5.79. The molecule has 17 heavy (non-hydrogen) atoms. The second-order valence-corrected chi connectivity index (χ2v) is 3.82. The van der Waals surface area contributed by atoms with Crippen LogP contribution in [-0.4, -0.2) is 11.5 Å². The molecule has 0 aliphatic carbocycles. The number of hydrogen-bond donors (Lipinski definition) is 1. The van der Waals surface area contributed by atoms with Gasteiger partial charge in [0.05, 0.1) is 11.5 Å². The van der Waals surface area contributed by atoms with Crippen LogP contribution in [0, 0.1) is 10.1 Å². The average molecular weight is 238 g/mol. The summed E-state index contributed by atoms with van der Waals surface area (Å²) in [5.74, 6) is 0.314. The predicted octanol–water partition coefficient (Wildman–Crippen LogP) is 2.62. The van der Waals surface area contributed by atoms with Crippen LogP contribution in [0.25, 0.3) is 0 Å². The minimum Gasteiger partial charge on any atom is -0.487 e. The van der Waals surface area contributed by atoms with Crippen molar-refractivity contribution < 1.29 is 9.66 Å². The Bertz CT molecular complexity index is 380. The minimum atomic E-state index is -0.435. The van der Waals surface area contributed by atoms with Crippen LogP contribution in [0.15, 0.2) is 18.2 Å². The monoisotopic (exact) mass is 238 g/mol. The van der Waals surface area contributed by atoms with E-state index in [0.717, 1.165) is 24.8 Å². The molecule has 0 fully saturated rings. The van der Waals surface area contributed by atoms with Gasteiger partial charge in [0.1, 0.15) is 0 Å². The first kappa shape index (κ1) is 13.4. The number of hydrogen-bond acceptors (Lipinski definition) is 4. The zero-order valence-corrected chi connectivity index (χ0v) is 10.0. The Morgan fingerprint density at radius 2 is 2.18 bits per heavy atom. The summed E-state index contributed by atoms with van der Waals surface area (Å²) in [6, 6.07) is 4.73. The van der Waals surface area contributed by atoms with E-state index in [1.807, 2.05) is 0 Å². The SMILES string of the molecule is CCCCCOc1cc(CN)ccc1[N+](=O)[O-]. The van der Waals surface area contributed by atoms with Crippen molar-refractivity contribution >= 4 is 5.69 Å². The molecule has 5 nitrogen and oxygen atoms in total. The Labute approximate surface area is 101 Å². The highest BCUT2D eigenvalue weighted by Crippen LogP contribution is 2.28. The molecule has 0 saturated carbocycles. The van der Waals surface area contributed by atoms with Crippen LogP contribution in [0.5, 0.6) is 5.75 Å². The molecule has 0 radical (unpaired) electrons. The summed E-state index contributed by atoms with van der Waals surface area (Å²) in [6.45, 7) is 2.95. The lowest BCUT2D eigenvalue weighted by molar-refractivity contribution is -0.385. The quantitative estimate of drug-likeness (QED) is 0.450. The number of benzene rings is 1. The van der Waals surface area contributed by atoms with Crippen LogP contribution in [-0.2, 0) is 6.54 Å². The van der Waals surface area contributed by atoms with E-state index in [1.54, 1.807) is 12.1 Å². The molecule has 0 saturated heterocycles. The van der Waals surface area contributed by atoms with Crippen molar-refractivity contribution in [2.75, 3.05) is 6.61 Å². The third-order valence-electron chi connectivity index (χ3n) is 2.46. The molecule has 0 spiro atoms. The van der Waals surface area contributed by atoms with Gasteiger partial charge in [-0.05, 0) is 18.1 Å². The van der Waals surface area contributed by atoms with Crippen LogP contribution >= 0.6 is 0 Å². The number of ether oxygens (including phenoxy) is 1. The van der Waals surface area contributed by atoms with Gasteiger partial charge in [-0.2, -0.15) is 0 Å². The largest absolute Gasteiger partial charge is 0.487 e. The van der Waals surface area contributed by atoms with Crippen molar-refractivity contribution in [3.05, 3.63) is 33.9 Å². The number of unbranched alkanes of at least 4 members (excludes halogenated alkanes) is 2. The van der Waals surface area contributed by atoms with Gasteiger partial charge in [-0.25, -0.2) is 0 Å². The molecular formula is C12H18N2O3. The van der Waals surface area contributed by atoms with Crippen LogP contribution < -0.4 is 10.5 Å². The molecule has 1 rings (SSSR count). The van der Waals surface area contributed by atoms with Gasteiger partial charge in [0.25, 0.3) is 0 Å². The number of nitrogens with zero attached hydrogens (tertiary/aromatic N) is 1. The Balaban J connectivity index is 2.75. The van der Waals surface area contributed by atoms with Gasteiger partial charge in [0.2, 0.25) is 0 Å². The summed E-state index contributed by atoms with van der Waals surface area (Å²) in [5.41, 5.74) is 6.33. The second kappa shape index (κ2) is 6.85. The predicted molar refractivity (Wildman–Crippen MR) is 66.0 cm³/mol. The molecule has 0 bridgehead atoms. The molecular weight excluding hydrogens is 220 g/mol. The van der Waals surface area contributed by atoms with E-state index in [9.17, 15) is 10.1 Å². The molecule has 1 aromatic carbocycles. The van der Waals surface area contributed by atoms with Crippen molar-refractivity contribution in [1.29, 1.82) is 0 Å². The van der Waals surface area contributed by atoms with Crippen molar-refractivity contribution in [3.63, 3.8) is 0 Å². The molecule has 94 valence electrons. The lowest BCUT2D eigenvalue weighted by Crippen LogP contribution is -2.03. The van der Waals surface area contributed by atoms with Crippen molar-refractivity contribution in [2.24, 2.45) is 5.73 Å². The lowest BCUT2D eigenvalue weighted by atomic mass is 10.2. The fraction of sp³-hybridized carbons (Fsp3) is 0.500. The molecule has 0 aliphatic heterocycles. The summed E-state index contributed by atoms with van der Waals surface area (Å²) >= 11 is 0. The highest BCUT2D eigenvalue weighted by Gasteiger charge is 2.15. The topological polar surface area (TPSA) is 78.4 Å². The highest BCUT2D eigenvalue weighted by molar-refractivity contribution is 5.48. The second-order valence-electron chi connectivity index (χ2n) is 3.82. The van der Waals surface area contributed by atoms with Gasteiger partial charge >= 0.3 is 5.69 Å². The molecule has 1 aromatic rings. The minimum absolute atomic E-state index is 0.00121. The van der Waals surface area contributed by atoms with Crippen molar-refractivity contribution in [3.8, 4) is 5.75 Å². The van der Waals surface area contributed by atoms with E-state index < -0.39 is 4.92 Å². The van der Waals surface area contributed by atoms with E-state index in [4.69, 9.17) is 10.5 Å². The maximum absolute atomic E-state index is 10.8. The Kier molecular flexibility index (Phi) is 5.42. The third-order valence-corrected chi connectivity index (χ3v) is 2.46. The van der Waals surface area contributed by atoms with Crippen LogP contribution in [0.3, 0.4) is 0 Å². The van der Waals surface area contributed by atoms with Crippen molar-refractivity contribution in [2.45, 2.75) is 32.7 Å². The van der Waals surface area contributed by atoms with E-state index in [-0.39, 0.29) is 5.69 Å². The fourth-order valence-electron chi connectivity index (χ4n) is 1.49. The summed E-state index contributed by atoms with van der Waals surface area (Å²) in [6.07, 6.45) is 3.05. The maximum Gasteiger partial charge on any atom is 0.310 e. The molecule has 2 N–H and O–H groups in total. The molecule has 0 heterocycles. The van der Waals surface area contributed by atoms with Crippen LogP contribution in [0.1, 0.15) is 31.7 Å². The molecule has 0 atom stereocenters. The van der Waals surface area contributed by atoms with Gasteiger partial charge in [-0.3, -0.25) is 10.1 Å². The van der Waals surface area contributed by atoms with E-state index >= 15 is 0 Å². The first-order chi connectivity index (χ1) is 8.19. The summed E-state index contributed by atoms with van der Waals surface area (Å²) < 4.78 is 5.45. The summed E-state index contributed by atoms with van der Waals surface area (Å²) in [4.78, 5) is 10.4. The van der Waals surface area contributed by atoms with Crippen LogP contribution in [0.2, 0.25) is 0 Å². The smallest absolute Gasteiger partial charge is 0.310 e. The van der Waals surface area contributed by atoms with Crippen molar-refractivity contribution in [1.82, 2.24) is 0 Å². The molecule has 5 heteroatoms. The summed E-state index contributed by atoms with van der Waals surface area (Å²) in [5, 5.41) is 10.8. The average Bonchev–Trinajstić information content (AvgIpc) is 2.34. The first-order valence-electron chi connectivity index (χ1n) is 5.79. The fourth-order valence-corrected chi connectivity index (χ4v) is 1.49. The third kappa shape index (κ3) is 4.03. The maximum atomic E-state index is 10.8. The van der Waals surface area contributed by atoms with Gasteiger partial charge < -0.3 is 10.5 Å². The van der Waals surface area contributed by atoms with Gasteiger partial charge in [-0.15, -0.1) is 0 Å². The summed E-state index contributed by atoms with van der Waals surface area (Å²) in [7, 11) is 0. The van der Waals surface area contributed by atoms with Gasteiger partial charge in [-0.1, -0.05) is 25.8 Å². The van der Waals surface area contributed by atoms with Gasteiger partial charge in [0, 0.05) is 12.6 Å². The highest BCUT2D eigenvalue weighted by atomic mass is 16.6. The van der Waals surface area contributed by atoms with E-state index in [1.165, 1.54) is 6.07 Å². The van der Waals surface area contributed by atoms with Gasteiger partial charge in [0.15, 0.2) is 5.75 Å². The Hall–Kier alpha value is -1.62. The lowest BCUT2D eigenvalue weighted by Gasteiger charge is -2.07. The van der Waals surface area contributed by atoms with E-state index in [2.05, 4.69) is 6.92 Å². The van der Waals surface area contributed by atoms with Crippen LogP contribution in [0.4, 0.5) is 5.69 Å². The number of nitro groups is 1. The number of rotatable bonds is 7. The number of nitrogens with two attached hydrogens (primary N) is 1. The molecule has 0 amide bonds. The Morgan fingerprint density at radius 1 is 1.41 bits per heavy atom. The normalized spacial score (nSPS) is 10.2. The number of nitro benzene ring substituents is 1. The zero-order valence-electron chi connectivity index (χ0n) is 10.0. The molecule has 0 unspecified atom stereocenters. The molecule has 0 aliphatic rings. The van der Waals surface area contributed by atoms with E-state index in [0.29, 0.717) is 18.9 Å². The Morgan fingerprint density at radius 3 is 2.76 bits per heavy atom.